The van der Waals surface area contributed by atoms with Crippen molar-refractivity contribution in [1.82, 2.24) is 10.3 Å². The Morgan fingerprint density at radius 1 is 1.38 bits per heavy atom. The van der Waals surface area contributed by atoms with Gasteiger partial charge in [-0.25, -0.2) is 9.37 Å². The van der Waals surface area contributed by atoms with Crippen LogP contribution < -0.4 is 5.32 Å². The van der Waals surface area contributed by atoms with Crippen LogP contribution >= 0.6 is 11.3 Å². The van der Waals surface area contributed by atoms with Crippen molar-refractivity contribution < 1.29 is 19.1 Å². The molecule has 1 aromatic heterocycles. The summed E-state index contributed by atoms with van der Waals surface area (Å²) in [6.07, 6.45) is 2.17. The van der Waals surface area contributed by atoms with Crippen LogP contribution in [0.3, 0.4) is 0 Å². The van der Waals surface area contributed by atoms with Crippen molar-refractivity contribution in [2.45, 2.75) is 25.7 Å². The fraction of sp³-hybridized carbons (Fsp3) is 0.353. The maximum atomic E-state index is 13.3. The van der Waals surface area contributed by atoms with Crippen molar-refractivity contribution in [1.29, 1.82) is 0 Å². The molecule has 0 unspecified atom stereocenters. The molecule has 1 aliphatic rings. The van der Waals surface area contributed by atoms with Crippen molar-refractivity contribution in [2.75, 3.05) is 6.54 Å². The molecule has 24 heavy (non-hydrogen) atoms. The number of nitrogens with zero attached hydrogens (tertiary/aromatic N) is 1. The van der Waals surface area contributed by atoms with E-state index in [9.17, 15) is 19.1 Å². The van der Waals surface area contributed by atoms with Gasteiger partial charge in [-0.2, -0.15) is 0 Å². The van der Waals surface area contributed by atoms with E-state index in [1.165, 1.54) is 23.5 Å². The highest BCUT2D eigenvalue weighted by Crippen LogP contribution is 2.40. The average Bonchev–Trinajstić information content (AvgIpc) is 2.94. The Hall–Kier alpha value is -2.28. The van der Waals surface area contributed by atoms with Crippen LogP contribution in [0.15, 0.2) is 29.6 Å². The van der Waals surface area contributed by atoms with Crippen LogP contribution in [0.25, 0.3) is 10.6 Å². The molecule has 2 aromatic rings. The number of hydrogen-bond acceptors (Lipinski definition) is 4. The molecule has 0 spiro atoms. The SMILES string of the molecule is O=C(Cc1csc(-c2cccc(F)c2)n1)NCC1(C(=O)O)CCC1. The third kappa shape index (κ3) is 3.46. The topological polar surface area (TPSA) is 79.3 Å². The van der Waals surface area contributed by atoms with Gasteiger partial charge in [-0.15, -0.1) is 11.3 Å². The van der Waals surface area contributed by atoms with Crippen LogP contribution in [0.5, 0.6) is 0 Å². The number of hydrogen-bond donors (Lipinski definition) is 2. The van der Waals surface area contributed by atoms with E-state index in [4.69, 9.17) is 0 Å². The molecule has 1 amide bonds. The standard InChI is InChI=1S/C17H17FN2O3S/c18-12-4-1-3-11(7-12)15-20-13(9-24-15)8-14(21)19-10-17(16(22)23)5-2-6-17/h1,3-4,7,9H,2,5-6,8,10H2,(H,19,21)(H,22,23). The first-order valence-corrected chi connectivity index (χ1v) is 8.57. The van der Waals surface area contributed by atoms with E-state index in [0.717, 1.165) is 6.42 Å². The molecule has 1 saturated carbocycles. The van der Waals surface area contributed by atoms with Crippen LogP contribution in [0.1, 0.15) is 25.0 Å². The van der Waals surface area contributed by atoms with E-state index in [1.54, 1.807) is 17.5 Å². The lowest BCUT2D eigenvalue weighted by Crippen LogP contribution is -2.47. The Bertz CT molecular complexity index is 771. The summed E-state index contributed by atoms with van der Waals surface area (Å²) in [5.41, 5.74) is 0.463. The van der Waals surface area contributed by atoms with Gasteiger partial charge in [0.05, 0.1) is 17.5 Å². The summed E-state index contributed by atoms with van der Waals surface area (Å²) in [7, 11) is 0. The van der Waals surface area contributed by atoms with Gasteiger partial charge in [0, 0.05) is 17.5 Å². The van der Waals surface area contributed by atoms with Crippen LogP contribution in [-0.2, 0) is 16.0 Å². The number of aromatic nitrogens is 1. The maximum absolute atomic E-state index is 13.3. The first-order valence-electron chi connectivity index (χ1n) is 7.69. The second-order valence-electron chi connectivity index (χ2n) is 6.05. The number of carboxylic acid groups (broad SMARTS) is 1. The van der Waals surface area contributed by atoms with Crippen LogP contribution in [0.2, 0.25) is 0 Å². The minimum atomic E-state index is -0.851. The van der Waals surface area contributed by atoms with E-state index in [1.807, 2.05) is 0 Å². The number of halogens is 1. The zero-order chi connectivity index (χ0) is 17.2. The number of rotatable bonds is 6. The largest absolute Gasteiger partial charge is 0.481 e. The maximum Gasteiger partial charge on any atom is 0.311 e. The molecule has 126 valence electrons. The fourth-order valence-corrected chi connectivity index (χ4v) is 3.52. The first-order chi connectivity index (χ1) is 11.5. The van der Waals surface area contributed by atoms with Crippen molar-refractivity contribution in [3.8, 4) is 10.6 Å². The molecule has 5 nitrogen and oxygen atoms in total. The number of aliphatic carboxylic acids is 1. The molecule has 0 saturated heterocycles. The molecule has 7 heteroatoms. The van der Waals surface area contributed by atoms with Crippen molar-refractivity contribution in [3.05, 3.63) is 41.2 Å². The predicted molar refractivity (Wildman–Crippen MR) is 88.1 cm³/mol. The lowest BCUT2D eigenvalue weighted by atomic mass is 9.69. The van der Waals surface area contributed by atoms with E-state index in [0.29, 0.717) is 29.1 Å². The summed E-state index contributed by atoms with van der Waals surface area (Å²) in [6, 6.07) is 6.14. The Morgan fingerprint density at radius 2 is 2.17 bits per heavy atom. The number of thiazole rings is 1. The van der Waals surface area contributed by atoms with Gasteiger partial charge in [0.15, 0.2) is 0 Å². The average molecular weight is 348 g/mol. The van der Waals surface area contributed by atoms with Gasteiger partial charge in [0.2, 0.25) is 5.91 Å². The number of benzene rings is 1. The van der Waals surface area contributed by atoms with Crippen LogP contribution in [0.4, 0.5) is 4.39 Å². The van der Waals surface area contributed by atoms with E-state index in [-0.39, 0.29) is 24.7 Å². The Balaban J connectivity index is 1.58. The summed E-state index contributed by atoms with van der Waals surface area (Å²) in [4.78, 5) is 27.6. The molecule has 0 aliphatic heterocycles. The first kappa shape index (κ1) is 16.6. The normalized spacial score (nSPS) is 15.5. The Labute approximate surface area is 142 Å². The van der Waals surface area contributed by atoms with Crippen molar-refractivity contribution >= 4 is 23.2 Å². The van der Waals surface area contributed by atoms with Crippen molar-refractivity contribution in [2.24, 2.45) is 5.41 Å². The molecule has 0 bridgehead atoms. The van der Waals surface area contributed by atoms with Gasteiger partial charge in [0.25, 0.3) is 0 Å². The minimum absolute atomic E-state index is 0.0848. The van der Waals surface area contributed by atoms with Gasteiger partial charge >= 0.3 is 5.97 Å². The Kier molecular flexibility index (Phi) is 4.62. The van der Waals surface area contributed by atoms with Crippen LogP contribution in [-0.4, -0.2) is 28.5 Å². The third-order valence-corrected chi connectivity index (χ3v) is 5.29. The monoisotopic (exact) mass is 348 g/mol. The van der Waals surface area contributed by atoms with Gasteiger partial charge in [-0.1, -0.05) is 18.6 Å². The lowest BCUT2D eigenvalue weighted by Gasteiger charge is -2.37. The molecule has 0 radical (unpaired) electrons. The zero-order valence-corrected chi connectivity index (χ0v) is 13.7. The lowest BCUT2D eigenvalue weighted by molar-refractivity contribution is -0.154. The predicted octanol–water partition coefficient (Wildman–Crippen LogP) is 2.86. The van der Waals surface area contributed by atoms with Gasteiger partial charge in [-0.05, 0) is 25.0 Å². The van der Waals surface area contributed by atoms with Gasteiger partial charge in [0.1, 0.15) is 10.8 Å². The molecule has 3 rings (SSSR count). The second-order valence-corrected chi connectivity index (χ2v) is 6.90. The summed E-state index contributed by atoms with van der Waals surface area (Å²) >= 11 is 1.35. The highest BCUT2D eigenvalue weighted by Gasteiger charge is 2.44. The summed E-state index contributed by atoms with van der Waals surface area (Å²) in [5.74, 6) is -1.43. The van der Waals surface area contributed by atoms with Gasteiger partial charge in [-0.3, -0.25) is 9.59 Å². The van der Waals surface area contributed by atoms with E-state index in [2.05, 4.69) is 10.3 Å². The molecule has 0 atom stereocenters. The van der Waals surface area contributed by atoms with Crippen molar-refractivity contribution in [3.63, 3.8) is 0 Å². The molecule has 1 aromatic carbocycles. The number of carbonyl (C=O) groups is 2. The summed E-state index contributed by atoms with van der Waals surface area (Å²) in [5, 5.41) is 14.4. The molecule has 1 heterocycles. The minimum Gasteiger partial charge on any atom is -0.481 e. The molecule has 1 fully saturated rings. The molecule has 2 N–H and O–H groups in total. The van der Waals surface area contributed by atoms with E-state index < -0.39 is 11.4 Å². The number of nitrogens with one attached hydrogen (secondary N) is 1. The zero-order valence-electron chi connectivity index (χ0n) is 12.9. The number of carbonyl (C=O) groups excluding carboxylic acids is 1. The molecular weight excluding hydrogens is 331 g/mol. The summed E-state index contributed by atoms with van der Waals surface area (Å²) in [6.45, 7) is 0.155. The van der Waals surface area contributed by atoms with Crippen LogP contribution in [0, 0.1) is 11.2 Å². The summed E-state index contributed by atoms with van der Waals surface area (Å²) < 4.78 is 13.3. The van der Waals surface area contributed by atoms with E-state index >= 15 is 0 Å². The Morgan fingerprint density at radius 3 is 2.79 bits per heavy atom. The van der Waals surface area contributed by atoms with Gasteiger partial charge < -0.3 is 10.4 Å². The molecule has 1 aliphatic carbocycles. The third-order valence-electron chi connectivity index (χ3n) is 4.35. The second kappa shape index (κ2) is 6.68. The number of carboxylic acids is 1. The molecular formula is C17H17FN2O3S. The highest BCUT2D eigenvalue weighted by molar-refractivity contribution is 7.13. The fourth-order valence-electron chi connectivity index (χ4n) is 2.71. The smallest absolute Gasteiger partial charge is 0.311 e. The number of amides is 1. The highest BCUT2D eigenvalue weighted by atomic mass is 32.1. The quantitative estimate of drug-likeness (QED) is 0.841.